The number of hydrogen-bond acceptors (Lipinski definition) is 6. The minimum absolute atomic E-state index is 0.213. The van der Waals surface area contributed by atoms with E-state index in [9.17, 15) is 4.79 Å². The maximum Gasteiger partial charge on any atom is 0.410 e. The van der Waals surface area contributed by atoms with Gasteiger partial charge in [0.1, 0.15) is 12.2 Å². The van der Waals surface area contributed by atoms with Crippen LogP contribution in [-0.4, -0.2) is 52.7 Å². The highest BCUT2D eigenvalue weighted by Crippen LogP contribution is 2.34. The third-order valence-corrected chi connectivity index (χ3v) is 5.29. The lowest BCUT2D eigenvalue weighted by molar-refractivity contribution is 0.0282. The average molecular weight is 396 g/mol. The minimum Gasteiger partial charge on any atom is -0.472 e. The van der Waals surface area contributed by atoms with Crippen LogP contribution in [0.1, 0.15) is 26.3 Å². The summed E-state index contributed by atoms with van der Waals surface area (Å²) in [5, 5.41) is 0. The SMILES string of the molecule is CC(C)(C)OC(=O)N1CC2CN(c3cncc(OCc4ccccc4)n3)CC2C1. The molecule has 0 spiro atoms. The van der Waals surface area contributed by atoms with E-state index in [2.05, 4.69) is 14.9 Å². The van der Waals surface area contributed by atoms with Crippen molar-refractivity contribution in [3.8, 4) is 5.88 Å². The maximum absolute atomic E-state index is 12.3. The molecule has 2 atom stereocenters. The summed E-state index contributed by atoms with van der Waals surface area (Å²) in [6.45, 7) is 9.34. The Bertz CT molecular complexity index is 839. The summed E-state index contributed by atoms with van der Waals surface area (Å²) in [7, 11) is 0. The van der Waals surface area contributed by atoms with Crippen LogP contribution in [0.25, 0.3) is 0 Å². The maximum atomic E-state index is 12.3. The van der Waals surface area contributed by atoms with Crippen molar-refractivity contribution in [2.45, 2.75) is 33.0 Å². The zero-order valence-corrected chi connectivity index (χ0v) is 17.2. The summed E-state index contributed by atoms with van der Waals surface area (Å²) in [5.74, 6) is 2.21. The molecule has 7 heteroatoms. The van der Waals surface area contributed by atoms with Crippen LogP contribution >= 0.6 is 0 Å². The van der Waals surface area contributed by atoms with Gasteiger partial charge < -0.3 is 19.3 Å². The molecular weight excluding hydrogens is 368 g/mol. The van der Waals surface area contributed by atoms with E-state index in [-0.39, 0.29) is 6.09 Å². The van der Waals surface area contributed by atoms with E-state index < -0.39 is 5.60 Å². The average Bonchev–Trinajstić information content (AvgIpc) is 3.25. The first kappa shape index (κ1) is 19.5. The lowest BCUT2D eigenvalue weighted by Gasteiger charge is -2.26. The van der Waals surface area contributed by atoms with E-state index in [1.54, 1.807) is 12.4 Å². The number of hydrogen-bond donors (Lipinski definition) is 0. The summed E-state index contributed by atoms with van der Waals surface area (Å²) >= 11 is 0. The van der Waals surface area contributed by atoms with Crippen molar-refractivity contribution < 1.29 is 14.3 Å². The fourth-order valence-corrected chi connectivity index (χ4v) is 3.95. The predicted molar refractivity (Wildman–Crippen MR) is 110 cm³/mol. The second-order valence-corrected chi connectivity index (χ2v) is 8.80. The highest BCUT2D eigenvalue weighted by Gasteiger charge is 2.43. The molecule has 2 saturated heterocycles. The highest BCUT2D eigenvalue weighted by atomic mass is 16.6. The number of anilines is 1. The third kappa shape index (κ3) is 4.78. The Morgan fingerprint density at radius 3 is 2.41 bits per heavy atom. The summed E-state index contributed by atoms with van der Waals surface area (Å²) in [5.41, 5.74) is 0.633. The van der Waals surface area contributed by atoms with E-state index >= 15 is 0 Å². The monoisotopic (exact) mass is 396 g/mol. The van der Waals surface area contributed by atoms with Crippen LogP contribution in [0, 0.1) is 11.8 Å². The summed E-state index contributed by atoms with van der Waals surface area (Å²) in [6.07, 6.45) is 3.21. The van der Waals surface area contributed by atoms with Crippen molar-refractivity contribution in [2.75, 3.05) is 31.1 Å². The standard InChI is InChI=1S/C22H28N4O3/c1-22(2,3)29-21(27)26-13-17-11-25(12-18(17)14-26)19-9-23-10-20(24-19)28-15-16-7-5-4-6-8-16/h4-10,17-18H,11-15H2,1-3H3. The Morgan fingerprint density at radius 2 is 1.76 bits per heavy atom. The quantitative estimate of drug-likeness (QED) is 0.789. The molecule has 2 aromatic rings. The van der Waals surface area contributed by atoms with Crippen LogP contribution in [0.4, 0.5) is 10.6 Å². The topological polar surface area (TPSA) is 67.8 Å². The number of fused-ring (bicyclic) bond motifs is 1. The van der Waals surface area contributed by atoms with Gasteiger partial charge in [-0.3, -0.25) is 4.98 Å². The molecule has 0 saturated carbocycles. The van der Waals surface area contributed by atoms with Crippen LogP contribution < -0.4 is 9.64 Å². The molecule has 1 amide bonds. The van der Waals surface area contributed by atoms with Crippen molar-refractivity contribution in [1.82, 2.24) is 14.9 Å². The summed E-state index contributed by atoms with van der Waals surface area (Å²) < 4.78 is 11.3. The van der Waals surface area contributed by atoms with Gasteiger partial charge in [-0.25, -0.2) is 4.79 Å². The van der Waals surface area contributed by atoms with Gasteiger partial charge in [0.05, 0.1) is 12.4 Å². The van der Waals surface area contributed by atoms with Gasteiger partial charge in [-0.05, 0) is 26.3 Å². The van der Waals surface area contributed by atoms with Gasteiger partial charge in [-0.1, -0.05) is 30.3 Å². The van der Waals surface area contributed by atoms with Crippen LogP contribution in [0.3, 0.4) is 0 Å². The van der Waals surface area contributed by atoms with Crippen LogP contribution in [-0.2, 0) is 11.3 Å². The first-order valence-corrected chi connectivity index (χ1v) is 10.1. The molecule has 1 aromatic carbocycles. The lowest BCUT2D eigenvalue weighted by Crippen LogP contribution is -2.37. The van der Waals surface area contributed by atoms with Crippen LogP contribution in [0.5, 0.6) is 5.88 Å². The zero-order valence-electron chi connectivity index (χ0n) is 17.2. The lowest BCUT2D eigenvalue weighted by atomic mass is 10.0. The van der Waals surface area contributed by atoms with Gasteiger partial charge in [0.15, 0.2) is 5.82 Å². The molecule has 0 N–H and O–H groups in total. The van der Waals surface area contributed by atoms with Gasteiger partial charge in [0.2, 0.25) is 5.88 Å². The van der Waals surface area contributed by atoms with Crippen molar-refractivity contribution in [3.63, 3.8) is 0 Å². The predicted octanol–water partition coefficient (Wildman–Crippen LogP) is 3.36. The number of ether oxygens (including phenoxy) is 2. The highest BCUT2D eigenvalue weighted by molar-refractivity contribution is 5.68. The second-order valence-electron chi connectivity index (χ2n) is 8.80. The molecule has 2 aliphatic heterocycles. The largest absolute Gasteiger partial charge is 0.472 e. The second kappa shape index (κ2) is 7.89. The third-order valence-electron chi connectivity index (χ3n) is 5.29. The molecule has 2 aliphatic rings. The minimum atomic E-state index is -0.462. The molecule has 0 aliphatic carbocycles. The van der Waals surface area contributed by atoms with Crippen molar-refractivity contribution in [2.24, 2.45) is 11.8 Å². The molecule has 1 aromatic heterocycles. The first-order chi connectivity index (χ1) is 13.9. The number of aromatic nitrogens is 2. The Labute approximate surface area is 171 Å². The van der Waals surface area contributed by atoms with Crippen molar-refractivity contribution >= 4 is 11.9 Å². The molecular formula is C22H28N4O3. The number of nitrogens with zero attached hydrogens (tertiary/aromatic N) is 4. The number of benzene rings is 1. The molecule has 154 valence electrons. The molecule has 2 unspecified atom stereocenters. The fourth-order valence-electron chi connectivity index (χ4n) is 3.95. The van der Waals surface area contributed by atoms with Gasteiger partial charge in [-0.15, -0.1) is 0 Å². The smallest absolute Gasteiger partial charge is 0.410 e. The molecule has 4 rings (SSSR count). The van der Waals surface area contributed by atoms with Crippen molar-refractivity contribution in [1.29, 1.82) is 0 Å². The normalized spacial score (nSPS) is 21.2. The Balaban J connectivity index is 1.33. The first-order valence-electron chi connectivity index (χ1n) is 10.1. The van der Waals surface area contributed by atoms with Crippen molar-refractivity contribution in [3.05, 3.63) is 48.3 Å². The van der Waals surface area contributed by atoms with Gasteiger partial charge >= 0.3 is 6.09 Å². The Kier molecular flexibility index (Phi) is 5.30. The summed E-state index contributed by atoms with van der Waals surface area (Å²) in [6, 6.07) is 10.0. The fraction of sp³-hybridized carbons (Fsp3) is 0.500. The molecule has 29 heavy (non-hydrogen) atoms. The van der Waals surface area contributed by atoms with Gasteiger partial charge in [-0.2, -0.15) is 4.98 Å². The summed E-state index contributed by atoms with van der Waals surface area (Å²) in [4.78, 5) is 25.3. The van der Waals surface area contributed by atoms with Gasteiger partial charge in [0, 0.05) is 38.0 Å². The zero-order chi connectivity index (χ0) is 20.4. The van der Waals surface area contributed by atoms with E-state index in [0.717, 1.165) is 37.6 Å². The Morgan fingerprint density at radius 1 is 1.07 bits per heavy atom. The molecule has 7 nitrogen and oxygen atoms in total. The molecule has 2 fully saturated rings. The van der Waals surface area contributed by atoms with Crippen LogP contribution in [0.15, 0.2) is 42.7 Å². The van der Waals surface area contributed by atoms with E-state index in [1.807, 2.05) is 56.0 Å². The van der Waals surface area contributed by atoms with E-state index in [1.165, 1.54) is 0 Å². The molecule has 0 bridgehead atoms. The van der Waals surface area contributed by atoms with E-state index in [0.29, 0.717) is 24.3 Å². The van der Waals surface area contributed by atoms with E-state index in [4.69, 9.17) is 9.47 Å². The number of likely N-dealkylation sites (tertiary alicyclic amines) is 1. The molecule has 0 radical (unpaired) electrons. The Hall–Kier alpha value is -2.83. The van der Waals surface area contributed by atoms with Gasteiger partial charge in [0.25, 0.3) is 0 Å². The number of carbonyl (C=O) groups excluding carboxylic acids is 1. The number of rotatable bonds is 4. The number of carbonyl (C=O) groups is 1. The number of amides is 1. The van der Waals surface area contributed by atoms with Crippen LogP contribution in [0.2, 0.25) is 0 Å². The molecule has 3 heterocycles.